The van der Waals surface area contributed by atoms with Crippen LogP contribution in [0.5, 0.6) is 0 Å². The van der Waals surface area contributed by atoms with Gasteiger partial charge in [-0.2, -0.15) is 0 Å². The second-order valence-corrected chi connectivity index (χ2v) is 14.1. The molecule has 0 aliphatic carbocycles. The van der Waals surface area contributed by atoms with Crippen molar-refractivity contribution >= 4 is 0 Å². The zero-order chi connectivity index (χ0) is 31.5. The molecular formula is C36H74N2O5. The van der Waals surface area contributed by atoms with Gasteiger partial charge in [0.05, 0.1) is 39.6 Å². The Morgan fingerprint density at radius 2 is 0.767 bits per heavy atom. The molecular weight excluding hydrogens is 540 g/mol. The fourth-order valence-electron chi connectivity index (χ4n) is 6.25. The number of rotatable bonds is 22. The Bertz CT molecular complexity index is 562. The van der Waals surface area contributed by atoms with E-state index in [9.17, 15) is 10.2 Å². The lowest BCUT2D eigenvalue weighted by molar-refractivity contribution is 0.0172. The van der Waals surface area contributed by atoms with Gasteiger partial charge in [-0.25, -0.2) is 0 Å². The monoisotopic (exact) mass is 615 g/mol. The van der Waals surface area contributed by atoms with Crippen molar-refractivity contribution in [2.45, 2.75) is 130 Å². The molecule has 7 nitrogen and oxygen atoms in total. The molecule has 1 aliphatic rings. The van der Waals surface area contributed by atoms with E-state index in [1.54, 1.807) is 0 Å². The lowest BCUT2D eigenvalue weighted by Crippen LogP contribution is -2.42. The summed E-state index contributed by atoms with van der Waals surface area (Å²) in [6.07, 6.45) is 20.3. The molecule has 1 rings (SSSR count). The van der Waals surface area contributed by atoms with Crippen LogP contribution < -0.4 is 0 Å². The van der Waals surface area contributed by atoms with Crippen LogP contribution in [0.15, 0.2) is 0 Å². The molecule has 258 valence electrons. The van der Waals surface area contributed by atoms with Crippen LogP contribution >= 0.6 is 0 Å². The van der Waals surface area contributed by atoms with Gasteiger partial charge in [-0.3, -0.25) is 9.80 Å². The van der Waals surface area contributed by atoms with E-state index in [4.69, 9.17) is 14.2 Å². The molecule has 1 saturated heterocycles. The number of hydrogen-bond acceptors (Lipinski definition) is 7. The second kappa shape index (κ2) is 26.9. The number of aliphatic hydroxyl groups is 2. The lowest BCUT2D eigenvalue weighted by Gasteiger charge is -2.35. The quantitative estimate of drug-likeness (QED) is 0.128. The Balaban J connectivity index is 2.55. The molecule has 1 fully saturated rings. The molecule has 0 bridgehead atoms. The number of ether oxygens (including phenoxy) is 3. The topological polar surface area (TPSA) is 74.6 Å². The summed E-state index contributed by atoms with van der Waals surface area (Å²) in [6.45, 7) is 18.4. The predicted octanol–water partition coefficient (Wildman–Crippen LogP) is 6.93. The highest BCUT2D eigenvalue weighted by Gasteiger charge is 2.27. The summed E-state index contributed by atoms with van der Waals surface area (Å²) in [6, 6.07) is 0. The molecule has 0 spiro atoms. The molecule has 2 atom stereocenters. The van der Waals surface area contributed by atoms with Crippen LogP contribution in [0.4, 0.5) is 0 Å². The molecule has 0 radical (unpaired) electrons. The van der Waals surface area contributed by atoms with Gasteiger partial charge in [0.25, 0.3) is 0 Å². The van der Waals surface area contributed by atoms with Crippen molar-refractivity contribution in [2.75, 3.05) is 92.1 Å². The lowest BCUT2D eigenvalue weighted by atomic mass is 9.84. The maximum atomic E-state index is 10.3. The van der Waals surface area contributed by atoms with E-state index in [1.165, 1.54) is 89.9 Å². The van der Waals surface area contributed by atoms with Gasteiger partial charge in [0.15, 0.2) is 0 Å². The molecule has 2 unspecified atom stereocenters. The van der Waals surface area contributed by atoms with Crippen LogP contribution in [0.1, 0.15) is 130 Å². The van der Waals surface area contributed by atoms with Crippen molar-refractivity contribution < 1.29 is 24.4 Å². The van der Waals surface area contributed by atoms with Crippen molar-refractivity contribution in [3.05, 3.63) is 0 Å². The van der Waals surface area contributed by atoms with Gasteiger partial charge < -0.3 is 24.4 Å². The van der Waals surface area contributed by atoms with E-state index in [2.05, 4.69) is 37.5 Å². The number of unbranched alkanes of at least 4 members (excludes halogenated alkanes) is 12. The number of aliphatic hydroxyl groups excluding tert-OH is 2. The van der Waals surface area contributed by atoms with Gasteiger partial charge >= 0.3 is 0 Å². The van der Waals surface area contributed by atoms with Crippen LogP contribution in [0.25, 0.3) is 0 Å². The third-order valence-corrected chi connectivity index (χ3v) is 9.32. The summed E-state index contributed by atoms with van der Waals surface area (Å²) in [4.78, 5) is 4.83. The molecule has 2 N–H and O–H groups in total. The normalized spacial score (nSPS) is 20.2. The Hall–Kier alpha value is -0.280. The van der Waals surface area contributed by atoms with Gasteiger partial charge in [-0.05, 0) is 12.8 Å². The fraction of sp³-hybridized carbons (Fsp3) is 1.00. The zero-order valence-corrected chi connectivity index (χ0v) is 29.2. The molecule has 0 saturated carbocycles. The maximum absolute atomic E-state index is 10.3. The Kier molecular flexibility index (Phi) is 25.5. The minimum Gasteiger partial charge on any atom is -0.396 e. The predicted molar refractivity (Wildman–Crippen MR) is 181 cm³/mol. The highest BCUT2D eigenvalue weighted by molar-refractivity contribution is 4.80. The first-order chi connectivity index (χ1) is 20.9. The Labute approximate surface area is 267 Å². The van der Waals surface area contributed by atoms with Gasteiger partial charge in [-0.15, -0.1) is 0 Å². The van der Waals surface area contributed by atoms with Crippen molar-refractivity contribution in [3.63, 3.8) is 0 Å². The van der Waals surface area contributed by atoms with Gasteiger partial charge in [-0.1, -0.05) is 118 Å². The minimum absolute atomic E-state index is 0.101. The summed E-state index contributed by atoms with van der Waals surface area (Å²) < 4.78 is 18.0. The average molecular weight is 615 g/mol. The molecule has 0 aromatic heterocycles. The third-order valence-electron chi connectivity index (χ3n) is 9.32. The van der Waals surface area contributed by atoms with Gasteiger partial charge in [0.1, 0.15) is 0 Å². The summed E-state index contributed by atoms with van der Waals surface area (Å²) >= 11 is 0. The molecule has 43 heavy (non-hydrogen) atoms. The van der Waals surface area contributed by atoms with Gasteiger partial charge in [0, 0.05) is 63.3 Å². The van der Waals surface area contributed by atoms with E-state index in [-0.39, 0.29) is 24.0 Å². The molecule has 1 heterocycles. The SMILES string of the molecule is CCCCCCCCCC(C)(CO)CN1CCOCCOCCN(CC(C)(CO)CCCCCCCCC)CCOCC1. The molecule has 0 amide bonds. The van der Waals surface area contributed by atoms with E-state index in [1.807, 2.05) is 0 Å². The first-order valence-corrected chi connectivity index (χ1v) is 18.3. The van der Waals surface area contributed by atoms with Gasteiger partial charge in [0.2, 0.25) is 0 Å². The van der Waals surface area contributed by atoms with Crippen LogP contribution in [0.3, 0.4) is 0 Å². The van der Waals surface area contributed by atoms with Crippen molar-refractivity contribution in [1.29, 1.82) is 0 Å². The van der Waals surface area contributed by atoms with E-state index in [0.29, 0.717) is 39.6 Å². The van der Waals surface area contributed by atoms with Crippen LogP contribution in [0, 0.1) is 10.8 Å². The first-order valence-electron chi connectivity index (χ1n) is 18.3. The van der Waals surface area contributed by atoms with Crippen molar-refractivity contribution in [3.8, 4) is 0 Å². The smallest absolute Gasteiger partial charge is 0.0701 e. The Morgan fingerprint density at radius 1 is 0.465 bits per heavy atom. The van der Waals surface area contributed by atoms with Crippen LogP contribution in [0.2, 0.25) is 0 Å². The minimum atomic E-state index is -0.101. The molecule has 1 aliphatic heterocycles. The summed E-state index contributed by atoms with van der Waals surface area (Å²) in [7, 11) is 0. The second-order valence-electron chi connectivity index (χ2n) is 14.1. The highest BCUT2D eigenvalue weighted by atomic mass is 16.5. The largest absolute Gasteiger partial charge is 0.396 e. The van der Waals surface area contributed by atoms with E-state index < -0.39 is 0 Å². The Morgan fingerprint density at radius 3 is 1.09 bits per heavy atom. The standard InChI is InChI=1S/C36H74N2O5/c1-5-7-9-11-13-15-17-19-35(3,33-39)31-37-21-25-41-26-22-38(24-28-43-30-29-42-27-23-37)32-36(4,34-40)20-18-16-14-12-10-8-6-2/h39-40H,5-34H2,1-4H3. The van der Waals surface area contributed by atoms with E-state index in [0.717, 1.165) is 52.1 Å². The van der Waals surface area contributed by atoms with Crippen molar-refractivity contribution in [2.24, 2.45) is 10.8 Å². The summed E-state index contributed by atoms with van der Waals surface area (Å²) in [5, 5.41) is 20.6. The third kappa shape index (κ3) is 22.0. The summed E-state index contributed by atoms with van der Waals surface area (Å²) in [5.74, 6) is 0. The average Bonchev–Trinajstić information content (AvgIpc) is 3.01. The molecule has 7 heteroatoms. The van der Waals surface area contributed by atoms with E-state index >= 15 is 0 Å². The van der Waals surface area contributed by atoms with Crippen molar-refractivity contribution in [1.82, 2.24) is 9.80 Å². The zero-order valence-electron chi connectivity index (χ0n) is 29.2. The molecule has 0 aromatic carbocycles. The fourth-order valence-corrected chi connectivity index (χ4v) is 6.25. The first kappa shape index (κ1) is 40.7. The molecule has 0 aromatic rings. The van der Waals surface area contributed by atoms with Crippen LogP contribution in [-0.4, -0.2) is 112 Å². The highest BCUT2D eigenvalue weighted by Crippen LogP contribution is 2.27. The number of hydrogen-bond donors (Lipinski definition) is 2. The maximum Gasteiger partial charge on any atom is 0.0701 e. The number of nitrogens with zero attached hydrogens (tertiary/aromatic N) is 2. The van der Waals surface area contributed by atoms with Crippen LogP contribution in [-0.2, 0) is 14.2 Å². The summed E-state index contributed by atoms with van der Waals surface area (Å²) in [5.41, 5.74) is -0.201.